The maximum atomic E-state index is 4.49. The quantitative estimate of drug-likeness (QED) is 0.845. The highest BCUT2D eigenvalue weighted by molar-refractivity contribution is 5.91. The summed E-state index contributed by atoms with van der Waals surface area (Å²) in [4.78, 5) is 9.60. The largest absolute Gasteiger partial charge is 0.371 e. The van der Waals surface area contributed by atoms with Crippen LogP contribution in [-0.2, 0) is 0 Å². The van der Waals surface area contributed by atoms with Gasteiger partial charge in [0.2, 0.25) is 0 Å². The summed E-state index contributed by atoms with van der Waals surface area (Å²) in [5.74, 6) is 0.833. The average Bonchev–Trinajstić information content (AvgIpc) is 2.64. The Bertz CT molecular complexity index is 696. The van der Waals surface area contributed by atoms with E-state index >= 15 is 0 Å². The molecule has 4 rings (SSSR count). The van der Waals surface area contributed by atoms with Crippen LogP contribution in [0.4, 0.5) is 5.69 Å². The number of aromatic nitrogens is 1. The van der Waals surface area contributed by atoms with Gasteiger partial charge in [-0.2, -0.15) is 0 Å². The number of piperidine rings is 1. The monoisotopic (exact) mass is 354 g/mol. The molecule has 1 aromatic heterocycles. The highest BCUT2D eigenvalue weighted by Crippen LogP contribution is 2.33. The van der Waals surface area contributed by atoms with Crippen molar-refractivity contribution in [2.24, 2.45) is 5.92 Å². The Morgan fingerprint density at radius 1 is 1.04 bits per heavy atom. The molecule has 2 saturated heterocycles. The molecule has 26 heavy (non-hydrogen) atoms. The van der Waals surface area contributed by atoms with Gasteiger partial charge in [-0.05, 0) is 37.9 Å². The lowest BCUT2D eigenvalue weighted by atomic mass is 9.84. The third-order valence-corrected chi connectivity index (χ3v) is 5.55. The molecule has 0 bridgehead atoms. The standard InChI is InChI=1S/C18H24N4.C4H10/c1-21-13-10-19-14-18(21)7-11-22(12-8-18)17-6-9-20-16-5-3-2-4-15(16)17;1-4(2)3/h2-6,9,19H,7-8,10-14H2,1H3;4H,1-3H3. The molecule has 4 nitrogen and oxygen atoms in total. The van der Waals surface area contributed by atoms with E-state index < -0.39 is 0 Å². The van der Waals surface area contributed by atoms with E-state index in [1.54, 1.807) is 0 Å². The lowest BCUT2D eigenvalue weighted by Gasteiger charge is -2.50. The summed E-state index contributed by atoms with van der Waals surface area (Å²) in [5.41, 5.74) is 2.79. The number of pyridine rings is 1. The van der Waals surface area contributed by atoms with Crippen LogP contribution in [0.2, 0.25) is 0 Å². The first-order valence-electron chi connectivity index (χ1n) is 10.0. The molecule has 0 aliphatic carbocycles. The molecular weight excluding hydrogens is 320 g/mol. The van der Waals surface area contributed by atoms with Crippen LogP contribution in [-0.4, -0.2) is 55.2 Å². The molecule has 2 aromatic rings. The topological polar surface area (TPSA) is 31.4 Å². The van der Waals surface area contributed by atoms with E-state index in [1.807, 2.05) is 6.20 Å². The first kappa shape index (κ1) is 19.1. The third-order valence-electron chi connectivity index (χ3n) is 5.55. The number of anilines is 1. The maximum Gasteiger partial charge on any atom is 0.0722 e. The summed E-state index contributed by atoms with van der Waals surface area (Å²) in [6.07, 6.45) is 4.40. The van der Waals surface area contributed by atoms with Gasteiger partial charge in [-0.15, -0.1) is 0 Å². The summed E-state index contributed by atoms with van der Waals surface area (Å²) < 4.78 is 0. The Balaban J connectivity index is 0.000000447. The number of para-hydroxylation sites is 1. The molecule has 1 N–H and O–H groups in total. The van der Waals surface area contributed by atoms with E-state index in [4.69, 9.17) is 0 Å². The van der Waals surface area contributed by atoms with Gasteiger partial charge in [-0.25, -0.2) is 0 Å². The molecule has 1 spiro atoms. The Labute approximate surface area is 158 Å². The van der Waals surface area contributed by atoms with E-state index in [0.29, 0.717) is 5.54 Å². The van der Waals surface area contributed by atoms with E-state index in [0.717, 1.165) is 44.2 Å². The predicted octanol–water partition coefficient (Wildman–Crippen LogP) is 3.77. The van der Waals surface area contributed by atoms with Gasteiger partial charge in [0.1, 0.15) is 0 Å². The van der Waals surface area contributed by atoms with Crippen LogP contribution >= 0.6 is 0 Å². The molecule has 2 aliphatic rings. The minimum absolute atomic E-state index is 0.359. The van der Waals surface area contributed by atoms with Crippen molar-refractivity contribution < 1.29 is 0 Å². The zero-order chi connectivity index (χ0) is 18.6. The Hall–Kier alpha value is -1.65. The average molecular weight is 355 g/mol. The number of hydrogen-bond donors (Lipinski definition) is 1. The fourth-order valence-corrected chi connectivity index (χ4v) is 4.02. The number of likely N-dealkylation sites (N-methyl/N-ethyl adjacent to an activating group) is 1. The molecule has 2 aliphatic heterocycles. The first-order valence-corrected chi connectivity index (χ1v) is 10.0. The van der Waals surface area contributed by atoms with Gasteiger partial charge in [0.25, 0.3) is 0 Å². The van der Waals surface area contributed by atoms with Crippen LogP contribution in [0.1, 0.15) is 33.6 Å². The van der Waals surface area contributed by atoms with Crippen molar-refractivity contribution in [2.45, 2.75) is 39.2 Å². The zero-order valence-electron chi connectivity index (χ0n) is 16.8. The van der Waals surface area contributed by atoms with Gasteiger partial charge in [0.15, 0.2) is 0 Å². The van der Waals surface area contributed by atoms with Gasteiger partial charge in [-0.3, -0.25) is 9.88 Å². The molecule has 1 aromatic carbocycles. The normalized spacial score (nSPS) is 20.3. The molecule has 3 heterocycles. The van der Waals surface area contributed by atoms with E-state index in [1.165, 1.54) is 23.9 Å². The lowest BCUT2D eigenvalue weighted by molar-refractivity contribution is 0.0633. The molecule has 2 fully saturated rings. The minimum atomic E-state index is 0.359. The number of fused-ring (bicyclic) bond motifs is 1. The molecule has 0 radical (unpaired) electrons. The van der Waals surface area contributed by atoms with Gasteiger partial charge >= 0.3 is 0 Å². The SMILES string of the molecule is CC(C)C.CN1CCNCC12CCN(c1ccnc3ccccc13)CC2. The van der Waals surface area contributed by atoms with E-state index in [-0.39, 0.29) is 0 Å². The number of piperazine rings is 1. The van der Waals surface area contributed by atoms with Crippen molar-refractivity contribution in [3.63, 3.8) is 0 Å². The second-order valence-corrected chi connectivity index (χ2v) is 8.39. The number of nitrogens with zero attached hydrogens (tertiary/aromatic N) is 3. The fourth-order valence-electron chi connectivity index (χ4n) is 4.02. The van der Waals surface area contributed by atoms with Gasteiger partial charge in [-0.1, -0.05) is 39.0 Å². The van der Waals surface area contributed by atoms with E-state index in [9.17, 15) is 0 Å². The highest BCUT2D eigenvalue weighted by Gasteiger charge is 2.39. The van der Waals surface area contributed by atoms with Crippen molar-refractivity contribution in [2.75, 3.05) is 44.7 Å². The summed E-state index contributed by atoms with van der Waals surface area (Å²) in [7, 11) is 2.29. The molecule has 0 amide bonds. The Morgan fingerprint density at radius 3 is 2.42 bits per heavy atom. The van der Waals surface area contributed by atoms with Crippen molar-refractivity contribution in [1.82, 2.24) is 15.2 Å². The molecular formula is C22H34N4. The Kier molecular flexibility index (Phi) is 6.15. The molecule has 0 atom stereocenters. The number of benzene rings is 1. The lowest BCUT2D eigenvalue weighted by Crippen LogP contribution is -2.63. The zero-order valence-corrected chi connectivity index (χ0v) is 16.8. The maximum absolute atomic E-state index is 4.49. The molecule has 0 saturated carbocycles. The van der Waals surface area contributed by atoms with Crippen LogP contribution in [0, 0.1) is 5.92 Å². The predicted molar refractivity (Wildman–Crippen MR) is 112 cm³/mol. The van der Waals surface area contributed by atoms with Crippen LogP contribution in [0.3, 0.4) is 0 Å². The number of rotatable bonds is 1. The highest BCUT2D eigenvalue weighted by atomic mass is 15.3. The molecule has 4 heteroatoms. The number of nitrogens with one attached hydrogen (secondary N) is 1. The van der Waals surface area contributed by atoms with Gasteiger partial charge < -0.3 is 10.2 Å². The van der Waals surface area contributed by atoms with Crippen LogP contribution < -0.4 is 10.2 Å². The molecule has 0 unspecified atom stereocenters. The van der Waals surface area contributed by atoms with Crippen molar-refractivity contribution in [1.29, 1.82) is 0 Å². The second kappa shape index (κ2) is 8.36. The number of hydrogen-bond acceptors (Lipinski definition) is 4. The van der Waals surface area contributed by atoms with Crippen LogP contribution in [0.25, 0.3) is 10.9 Å². The van der Waals surface area contributed by atoms with Gasteiger partial charge in [0.05, 0.1) is 5.52 Å². The second-order valence-electron chi connectivity index (χ2n) is 8.39. The van der Waals surface area contributed by atoms with Crippen molar-refractivity contribution >= 4 is 16.6 Å². The van der Waals surface area contributed by atoms with Crippen LogP contribution in [0.5, 0.6) is 0 Å². The molecule has 142 valence electrons. The minimum Gasteiger partial charge on any atom is -0.371 e. The summed E-state index contributed by atoms with van der Waals surface area (Å²) >= 11 is 0. The summed E-state index contributed by atoms with van der Waals surface area (Å²) in [5, 5.41) is 4.86. The van der Waals surface area contributed by atoms with Crippen molar-refractivity contribution in [3.8, 4) is 0 Å². The summed E-state index contributed by atoms with van der Waals surface area (Å²) in [6.45, 7) is 12.2. The Morgan fingerprint density at radius 2 is 1.73 bits per heavy atom. The fraction of sp³-hybridized carbons (Fsp3) is 0.591. The van der Waals surface area contributed by atoms with Crippen molar-refractivity contribution in [3.05, 3.63) is 36.5 Å². The smallest absolute Gasteiger partial charge is 0.0722 e. The third kappa shape index (κ3) is 4.18. The van der Waals surface area contributed by atoms with E-state index in [2.05, 4.69) is 78.3 Å². The van der Waals surface area contributed by atoms with Crippen LogP contribution in [0.15, 0.2) is 36.5 Å². The summed E-state index contributed by atoms with van der Waals surface area (Å²) in [6, 6.07) is 10.6. The first-order chi connectivity index (χ1) is 12.5. The van der Waals surface area contributed by atoms with Gasteiger partial charge in [0, 0.05) is 55.5 Å².